The van der Waals surface area contributed by atoms with E-state index in [4.69, 9.17) is 5.26 Å². The van der Waals surface area contributed by atoms with Gasteiger partial charge in [-0.25, -0.2) is 0 Å². The molecule has 0 unspecified atom stereocenters. The van der Waals surface area contributed by atoms with Crippen molar-refractivity contribution in [3.05, 3.63) is 0 Å². The van der Waals surface area contributed by atoms with Crippen molar-refractivity contribution in [2.45, 2.75) is 41.9 Å². The van der Waals surface area contributed by atoms with Crippen LogP contribution in [0, 0.1) is 16.7 Å². The molecular formula is C9H12IN. The van der Waals surface area contributed by atoms with Gasteiger partial charge in [-0.15, -0.1) is 0 Å². The molecule has 3 fully saturated rings. The second kappa shape index (κ2) is 2.35. The molecule has 0 radical (unpaired) electrons. The van der Waals surface area contributed by atoms with Gasteiger partial charge >= 0.3 is 0 Å². The maximum atomic E-state index is 9.00. The van der Waals surface area contributed by atoms with Gasteiger partial charge in [-0.05, 0) is 38.5 Å². The van der Waals surface area contributed by atoms with Gasteiger partial charge in [0.15, 0.2) is 0 Å². The highest BCUT2D eigenvalue weighted by molar-refractivity contribution is 14.1. The van der Waals surface area contributed by atoms with Crippen molar-refractivity contribution in [1.29, 1.82) is 5.26 Å². The third-order valence-corrected chi connectivity index (χ3v) is 5.01. The fourth-order valence-corrected chi connectivity index (χ4v) is 3.12. The van der Waals surface area contributed by atoms with E-state index in [0.29, 0.717) is 3.42 Å². The number of nitrogens with zero attached hydrogens (tertiary/aromatic N) is 1. The second-order valence-corrected chi connectivity index (χ2v) is 6.33. The van der Waals surface area contributed by atoms with Crippen LogP contribution in [0.5, 0.6) is 0 Å². The molecule has 3 aliphatic carbocycles. The minimum absolute atomic E-state index is 0.104. The number of rotatable bonds is 0. The van der Waals surface area contributed by atoms with Gasteiger partial charge in [0.05, 0.1) is 11.5 Å². The summed E-state index contributed by atoms with van der Waals surface area (Å²) in [5.74, 6) is 0. The average Bonchev–Trinajstić information content (AvgIpc) is 2.07. The summed E-state index contributed by atoms with van der Waals surface area (Å²) in [6.07, 6.45) is 7.31. The summed E-state index contributed by atoms with van der Waals surface area (Å²) in [4.78, 5) is 0. The van der Waals surface area contributed by atoms with E-state index in [-0.39, 0.29) is 5.41 Å². The van der Waals surface area contributed by atoms with E-state index in [1.807, 2.05) is 0 Å². The van der Waals surface area contributed by atoms with Crippen molar-refractivity contribution in [1.82, 2.24) is 0 Å². The number of hydrogen-bond acceptors (Lipinski definition) is 1. The monoisotopic (exact) mass is 261 g/mol. The van der Waals surface area contributed by atoms with Crippen molar-refractivity contribution in [3.8, 4) is 6.07 Å². The van der Waals surface area contributed by atoms with Gasteiger partial charge in [0, 0.05) is 3.42 Å². The molecular weight excluding hydrogens is 249 g/mol. The van der Waals surface area contributed by atoms with E-state index in [1.54, 1.807) is 0 Å². The van der Waals surface area contributed by atoms with Crippen LogP contribution in [-0.2, 0) is 0 Å². The first kappa shape index (κ1) is 7.85. The summed E-state index contributed by atoms with van der Waals surface area (Å²) in [6.45, 7) is 0. The molecule has 1 nitrogen and oxygen atoms in total. The van der Waals surface area contributed by atoms with Gasteiger partial charge in [0.25, 0.3) is 0 Å². The zero-order chi connectivity index (χ0) is 7.95. The van der Waals surface area contributed by atoms with Crippen LogP contribution in [0.1, 0.15) is 38.5 Å². The molecule has 11 heavy (non-hydrogen) atoms. The van der Waals surface area contributed by atoms with Crippen LogP contribution in [0.15, 0.2) is 0 Å². The molecule has 0 spiro atoms. The molecule has 0 atom stereocenters. The van der Waals surface area contributed by atoms with Gasteiger partial charge in [-0.1, -0.05) is 22.6 Å². The Morgan fingerprint density at radius 1 is 1.00 bits per heavy atom. The molecule has 3 saturated carbocycles. The highest BCUT2D eigenvalue weighted by Crippen LogP contribution is 2.55. The summed E-state index contributed by atoms with van der Waals surface area (Å²) in [5, 5.41) is 9.00. The Hall–Kier alpha value is 0.220. The van der Waals surface area contributed by atoms with E-state index in [0.717, 1.165) is 19.3 Å². The molecule has 60 valence electrons. The second-order valence-electron chi connectivity index (χ2n) is 4.04. The number of hydrogen-bond donors (Lipinski definition) is 0. The van der Waals surface area contributed by atoms with Crippen molar-refractivity contribution in [2.24, 2.45) is 5.41 Å². The Labute approximate surface area is 81.3 Å². The summed E-state index contributed by atoms with van der Waals surface area (Å²) in [7, 11) is 0. The molecule has 3 rings (SSSR count). The Morgan fingerprint density at radius 3 is 1.82 bits per heavy atom. The molecule has 0 saturated heterocycles. The zero-order valence-corrected chi connectivity index (χ0v) is 8.73. The van der Waals surface area contributed by atoms with Crippen molar-refractivity contribution < 1.29 is 0 Å². The van der Waals surface area contributed by atoms with Crippen LogP contribution in [0.2, 0.25) is 0 Å². The summed E-state index contributed by atoms with van der Waals surface area (Å²) < 4.78 is 0.580. The van der Waals surface area contributed by atoms with Crippen LogP contribution in [0.25, 0.3) is 0 Å². The van der Waals surface area contributed by atoms with Crippen molar-refractivity contribution >= 4 is 22.6 Å². The van der Waals surface area contributed by atoms with E-state index < -0.39 is 0 Å². The first-order chi connectivity index (χ1) is 5.18. The Kier molecular flexibility index (Phi) is 1.68. The van der Waals surface area contributed by atoms with Crippen molar-refractivity contribution in [3.63, 3.8) is 0 Å². The quantitative estimate of drug-likeness (QED) is 0.485. The molecule has 0 N–H and O–H groups in total. The molecule has 0 aromatic heterocycles. The fourth-order valence-electron chi connectivity index (χ4n) is 2.31. The highest BCUT2D eigenvalue weighted by atomic mass is 127. The summed E-state index contributed by atoms with van der Waals surface area (Å²) in [6, 6.07) is 2.52. The SMILES string of the molecule is N#CC12CCC(I)(CC1)CC2. The largest absolute Gasteiger partial charge is 0.198 e. The molecule has 0 heterocycles. The Balaban J connectivity index is 2.20. The van der Waals surface area contributed by atoms with Gasteiger partial charge < -0.3 is 0 Å². The maximum Gasteiger partial charge on any atom is 0.0689 e. The van der Waals surface area contributed by atoms with E-state index >= 15 is 0 Å². The third-order valence-electron chi connectivity index (χ3n) is 3.39. The number of fused-ring (bicyclic) bond motifs is 3. The number of halogens is 1. The van der Waals surface area contributed by atoms with Gasteiger partial charge in [-0.2, -0.15) is 5.26 Å². The van der Waals surface area contributed by atoms with Gasteiger partial charge in [0.2, 0.25) is 0 Å². The number of nitriles is 1. The maximum absolute atomic E-state index is 9.00. The number of alkyl halides is 1. The Bertz CT molecular complexity index is 192. The average molecular weight is 261 g/mol. The first-order valence-electron chi connectivity index (χ1n) is 4.28. The summed E-state index contributed by atoms with van der Waals surface area (Å²) in [5.41, 5.74) is 0.104. The van der Waals surface area contributed by atoms with E-state index in [1.165, 1.54) is 19.3 Å². The van der Waals surface area contributed by atoms with Gasteiger partial charge in [0.1, 0.15) is 0 Å². The minimum Gasteiger partial charge on any atom is -0.198 e. The molecule has 0 aromatic rings. The van der Waals surface area contributed by atoms with Crippen LogP contribution >= 0.6 is 22.6 Å². The van der Waals surface area contributed by atoms with E-state index in [2.05, 4.69) is 28.7 Å². The lowest BCUT2D eigenvalue weighted by Gasteiger charge is -2.47. The Morgan fingerprint density at radius 2 is 1.45 bits per heavy atom. The lowest BCUT2D eigenvalue weighted by molar-refractivity contribution is 0.147. The van der Waals surface area contributed by atoms with Gasteiger partial charge in [-0.3, -0.25) is 0 Å². The lowest BCUT2D eigenvalue weighted by Crippen LogP contribution is -2.41. The lowest BCUT2D eigenvalue weighted by atomic mass is 9.61. The van der Waals surface area contributed by atoms with Crippen LogP contribution in [0.3, 0.4) is 0 Å². The highest BCUT2D eigenvalue weighted by Gasteiger charge is 2.47. The molecule has 0 aromatic carbocycles. The van der Waals surface area contributed by atoms with Crippen LogP contribution in [-0.4, -0.2) is 3.42 Å². The predicted octanol–water partition coefficient (Wildman–Crippen LogP) is 3.04. The normalized spacial score (nSPS) is 48.7. The fraction of sp³-hybridized carbons (Fsp3) is 0.889. The molecule has 2 heteroatoms. The molecule has 0 amide bonds. The third kappa shape index (κ3) is 1.18. The predicted molar refractivity (Wildman–Crippen MR) is 52.5 cm³/mol. The summed E-state index contributed by atoms with van der Waals surface area (Å²) >= 11 is 2.61. The molecule has 0 aliphatic heterocycles. The standard InChI is InChI=1S/C9H12IN/c10-9-4-1-8(7-11,2-5-9)3-6-9/h1-6H2. The van der Waals surface area contributed by atoms with Crippen LogP contribution in [0.4, 0.5) is 0 Å². The first-order valence-corrected chi connectivity index (χ1v) is 5.36. The van der Waals surface area contributed by atoms with Crippen LogP contribution < -0.4 is 0 Å². The van der Waals surface area contributed by atoms with Crippen molar-refractivity contribution in [2.75, 3.05) is 0 Å². The zero-order valence-electron chi connectivity index (χ0n) is 6.57. The smallest absolute Gasteiger partial charge is 0.0689 e. The van der Waals surface area contributed by atoms with E-state index in [9.17, 15) is 0 Å². The topological polar surface area (TPSA) is 23.8 Å². The minimum atomic E-state index is 0.104. The molecule has 3 aliphatic rings. The molecule has 2 bridgehead atoms.